The van der Waals surface area contributed by atoms with E-state index >= 15 is 0 Å². The van der Waals surface area contributed by atoms with Crippen LogP contribution in [0.4, 0.5) is 0 Å². The Morgan fingerprint density at radius 1 is 1.37 bits per heavy atom. The van der Waals surface area contributed by atoms with Crippen molar-refractivity contribution in [3.05, 3.63) is 47.2 Å². The van der Waals surface area contributed by atoms with Gasteiger partial charge in [0.1, 0.15) is 5.69 Å². The fourth-order valence-corrected chi connectivity index (χ4v) is 2.58. The minimum Gasteiger partial charge on any atom is -0.349 e. The van der Waals surface area contributed by atoms with E-state index < -0.39 is 0 Å². The van der Waals surface area contributed by atoms with Crippen molar-refractivity contribution >= 4 is 17.5 Å². The molecule has 2 heterocycles. The lowest BCUT2D eigenvalue weighted by atomic mass is 10.1. The van der Waals surface area contributed by atoms with Crippen molar-refractivity contribution in [2.24, 2.45) is 5.73 Å². The standard InChI is InChI=1S/C14H14ClN3O/c15-11-3-1-2-9(4-11)10-5-13-14(19)17-7-12(6-16)18(13)8-10/h1-5,8,12H,6-7,16H2,(H,17,19). The monoisotopic (exact) mass is 275 g/mol. The van der Waals surface area contributed by atoms with Crippen molar-refractivity contribution < 1.29 is 4.79 Å². The number of nitrogens with one attached hydrogen (secondary N) is 1. The average Bonchev–Trinajstić information content (AvgIpc) is 2.85. The van der Waals surface area contributed by atoms with E-state index in [0.29, 0.717) is 23.8 Å². The highest BCUT2D eigenvalue weighted by Crippen LogP contribution is 2.27. The molecule has 0 saturated carbocycles. The summed E-state index contributed by atoms with van der Waals surface area (Å²) in [4.78, 5) is 11.9. The second-order valence-corrected chi connectivity index (χ2v) is 5.07. The molecule has 3 N–H and O–H groups in total. The first-order valence-electron chi connectivity index (χ1n) is 6.15. The molecule has 1 aliphatic heterocycles. The van der Waals surface area contributed by atoms with E-state index in [1.54, 1.807) is 0 Å². The topological polar surface area (TPSA) is 60.0 Å². The van der Waals surface area contributed by atoms with Gasteiger partial charge in [-0.05, 0) is 23.8 Å². The lowest BCUT2D eigenvalue weighted by molar-refractivity contribution is 0.0916. The second-order valence-electron chi connectivity index (χ2n) is 4.63. The molecule has 5 heteroatoms. The summed E-state index contributed by atoms with van der Waals surface area (Å²) in [7, 11) is 0. The van der Waals surface area contributed by atoms with Gasteiger partial charge < -0.3 is 15.6 Å². The number of rotatable bonds is 2. The summed E-state index contributed by atoms with van der Waals surface area (Å²) in [6, 6.07) is 9.58. The Hall–Kier alpha value is -1.78. The maximum absolute atomic E-state index is 11.9. The molecule has 98 valence electrons. The van der Waals surface area contributed by atoms with Crippen LogP contribution in [0.3, 0.4) is 0 Å². The zero-order valence-corrected chi connectivity index (χ0v) is 11.0. The molecule has 0 aliphatic carbocycles. The van der Waals surface area contributed by atoms with Gasteiger partial charge >= 0.3 is 0 Å². The number of nitrogens with zero attached hydrogens (tertiary/aromatic N) is 1. The van der Waals surface area contributed by atoms with E-state index in [4.69, 9.17) is 17.3 Å². The molecule has 3 rings (SSSR count). The Bertz CT molecular complexity index is 635. The number of nitrogens with two attached hydrogens (primary N) is 1. The van der Waals surface area contributed by atoms with Gasteiger partial charge in [0.2, 0.25) is 0 Å². The lowest BCUT2D eigenvalue weighted by Gasteiger charge is -2.24. The molecular formula is C14H14ClN3O. The molecule has 19 heavy (non-hydrogen) atoms. The number of fused-ring (bicyclic) bond motifs is 1. The first-order valence-corrected chi connectivity index (χ1v) is 6.53. The maximum atomic E-state index is 11.9. The van der Waals surface area contributed by atoms with E-state index in [-0.39, 0.29) is 11.9 Å². The van der Waals surface area contributed by atoms with Crippen LogP contribution in [0.25, 0.3) is 11.1 Å². The summed E-state index contributed by atoms with van der Waals surface area (Å²) in [6.07, 6.45) is 1.97. The number of carbonyl (C=O) groups excluding carboxylic acids is 1. The van der Waals surface area contributed by atoms with Crippen LogP contribution in [0.15, 0.2) is 36.5 Å². The van der Waals surface area contributed by atoms with E-state index in [0.717, 1.165) is 11.1 Å². The summed E-state index contributed by atoms with van der Waals surface area (Å²) in [5.74, 6) is -0.0574. The zero-order valence-electron chi connectivity index (χ0n) is 10.3. The third-order valence-corrected chi connectivity index (χ3v) is 3.64. The normalized spacial score (nSPS) is 18.0. The number of carbonyl (C=O) groups is 1. The van der Waals surface area contributed by atoms with Gasteiger partial charge in [0, 0.05) is 29.9 Å². The molecule has 0 fully saturated rings. The van der Waals surface area contributed by atoms with E-state index in [1.807, 2.05) is 41.1 Å². The Kier molecular flexibility index (Phi) is 3.05. The second kappa shape index (κ2) is 4.72. The number of aromatic nitrogens is 1. The van der Waals surface area contributed by atoms with Crippen LogP contribution in [0, 0.1) is 0 Å². The van der Waals surface area contributed by atoms with Gasteiger partial charge in [-0.25, -0.2) is 0 Å². The third kappa shape index (κ3) is 2.13. The van der Waals surface area contributed by atoms with Gasteiger partial charge in [0.15, 0.2) is 0 Å². The maximum Gasteiger partial charge on any atom is 0.268 e. The quantitative estimate of drug-likeness (QED) is 0.881. The Labute approximate surface area is 116 Å². The molecule has 0 radical (unpaired) electrons. The van der Waals surface area contributed by atoms with Crippen LogP contribution in [-0.4, -0.2) is 23.6 Å². The fourth-order valence-electron chi connectivity index (χ4n) is 2.39. The molecule has 1 aromatic carbocycles. The van der Waals surface area contributed by atoms with Crippen molar-refractivity contribution in [3.8, 4) is 11.1 Å². The van der Waals surface area contributed by atoms with Crippen LogP contribution >= 0.6 is 11.6 Å². The molecule has 2 aromatic rings. The molecule has 1 aliphatic rings. The molecule has 0 saturated heterocycles. The summed E-state index contributed by atoms with van der Waals surface area (Å²) in [5, 5.41) is 3.53. The van der Waals surface area contributed by atoms with E-state index in [9.17, 15) is 4.79 Å². The van der Waals surface area contributed by atoms with Gasteiger partial charge in [-0.15, -0.1) is 0 Å². The number of amides is 1. The minimum atomic E-state index is -0.0574. The van der Waals surface area contributed by atoms with Gasteiger partial charge in [-0.1, -0.05) is 23.7 Å². The van der Waals surface area contributed by atoms with Crippen molar-refractivity contribution in [1.29, 1.82) is 0 Å². The van der Waals surface area contributed by atoms with Crippen molar-refractivity contribution in [2.45, 2.75) is 6.04 Å². The molecule has 1 atom stereocenters. The molecule has 1 aromatic heterocycles. The van der Waals surface area contributed by atoms with Gasteiger partial charge in [0.25, 0.3) is 5.91 Å². The van der Waals surface area contributed by atoms with Crippen molar-refractivity contribution in [2.75, 3.05) is 13.1 Å². The first kappa shape index (κ1) is 12.3. The minimum absolute atomic E-state index is 0.0574. The number of hydrogen-bond donors (Lipinski definition) is 2. The smallest absolute Gasteiger partial charge is 0.268 e. The van der Waals surface area contributed by atoms with Crippen LogP contribution in [0.5, 0.6) is 0 Å². The Morgan fingerprint density at radius 3 is 2.95 bits per heavy atom. The largest absolute Gasteiger partial charge is 0.349 e. The van der Waals surface area contributed by atoms with Crippen LogP contribution in [0.2, 0.25) is 5.02 Å². The molecular weight excluding hydrogens is 262 g/mol. The zero-order chi connectivity index (χ0) is 13.4. The number of hydrogen-bond acceptors (Lipinski definition) is 2. The van der Waals surface area contributed by atoms with Crippen molar-refractivity contribution in [1.82, 2.24) is 9.88 Å². The highest BCUT2D eigenvalue weighted by atomic mass is 35.5. The van der Waals surface area contributed by atoms with E-state index in [2.05, 4.69) is 5.32 Å². The summed E-state index contributed by atoms with van der Waals surface area (Å²) >= 11 is 6.00. The number of halogens is 1. The van der Waals surface area contributed by atoms with Gasteiger partial charge in [0.05, 0.1) is 6.04 Å². The predicted octanol–water partition coefficient (Wildman–Crippen LogP) is 2.05. The summed E-state index contributed by atoms with van der Waals surface area (Å²) in [5.41, 5.74) is 8.37. The highest BCUT2D eigenvalue weighted by Gasteiger charge is 2.24. The third-order valence-electron chi connectivity index (χ3n) is 3.40. The predicted molar refractivity (Wildman–Crippen MR) is 75.3 cm³/mol. The van der Waals surface area contributed by atoms with Crippen LogP contribution in [0.1, 0.15) is 16.5 Å². The number of benzene rings is 1. The fraction of sp³-hybridized carbons (Fsp3) is 0.214. The highest BCUT2D eigenvalue weighted by molar-refractivity contribution is 6.30. The molecule has 0 spiro atoms. The van der Waals surface area contributed by atoms with Crippen LogP contribution in [-0.2, 0) is 0 Å². The van der Waals surface area contributed by atoms with Gasteiger partial charge in [-0.2, -0.15) is 0 Å². The lowest BCUT2D eigenvalue weighted by Crippen LogP contribution is -2.41. The van der Waals surface area contributed by atoms with E-state index in [1.165, 1.54) is 0 Å². The molecule has 1 unspecified atom stereocenters. The summed E-state index contributed by atoms with van der Waals surface area (Å²) < 4.78 is 1.95. The first-order chi connectivity index (χ1) is 9.19. The Morgan fingerprint density at radius 2 is 2.21 bits per heavy atom. The summed E-state index contributed by atoms with van der Waals surface area (Å²) in [6.45, 7) is 1.07. The Balaban J connectivity index is 2.08. The molecule has 1 amide bonds. The molecule has 4 nitrogen and oxygen atoms in total. The SMILES string of the molecule is NCC1CNC(=O)c2cc(-c3cccc(Cl)c3)cn21. The van der Waals surface area contributed by atoms with Crippen molar-refractivity contribution in [3.63, 3.8) is 0 Å². The van der Waals surface area contributed by atoms with Gasteiger partial charge in [-0.3, -0.25) is 4.79 Å². The van der Waals surface area contributed by atoms with Crippen LogP contribution < -0.4 is 11.1 Å². The molecule has 0 bridgehead atoms. The average molecular weight is 276 g/mol.